The summed E-state index contributed by atoms with van der Waals surface area (Å²) < 4.78 is 39.0. The molecule has 1 fully saturated rings. The summed E-state index contributed by atoms with van der Waals surface area (Å²) in [4.78, 5) is 19.0. The highest BCUT2D eigenvalue weighted by atomic mass is 19.4. The van der Waals surface area contributed by atoms with Gasteiger partial charge in [-0.1, -0.05) is 12.1 Å². The quantitative estimate of drug-likeness (QED) is 0.791. The Bertz CT molecular complexity index is 584. The topological polar surface area (TPSA) is 35.9 Å². The van der Waals surface area contributed by atoms with Crippen LogP contribution in [0.3, 0.4) is 0 Å². The first-order valence-electron chi connectivity index (χ1n) is 7.03. The van der Waals surface area contributed by atoms with E-state index in [1.165, 1.54) is 25.2 Å². The Morgan fingerprint density at radius 2 is 1.95 bits per heavy atom. The van der Waals surface area contributed by atoms with E-state index >= 15 is 0 Å². The fraction of sp³-hybridized carbons (Fsp3) is 0.467. The third-order valence-electron chi connectivity index (χ3n) is 3.67. The molecule has 1 saturated heterocycles. The number of halogens is 3. The number of para-hydroxylation sites is 1. The summed E-state index contributed by atoms with van der Waals surface area (Å²) in [5.74, 6) is 0.618. The summed E-state index contributed by atoms with van der Waals surface area (Å²) in [5.41, 5.74) is -1.04. The van der Waals surface area contributed by atoms with Crippen LogP contribution in [0.25, 0.3) is 0 Å². The molecule has 0 spiro atoms. The lowest BCUT2D eigenvalue weighted by atomic mass is 10.1. The number of anilines is 1. The lowest BCUT2D eigenvalue weighted by molar-refractivity contribution is -0.137. The molecule has 0 saturated carbocycles. The molecule has 22 heavy (non-hydrogen) atoms. The molecule has 120 valence electrons. The largest absolute Gasteiger partial charge is 0.418 e. The molecule has 0 unspecified atom stereocenters. The van der Waals surface area contributed by atoms with E-state index in [-0.39, 0.29) is 5.69 Å². The molecular weight excluding hydrogens is 295 g/mol. The molecule has 1 heterocycles. The number of likely N-dealkylation sites (tertiary alicyclic amines) is 1. The minimum Gasteiger partial charge on any atom is -0.363 e. The van der Waals surface area contributed by atoms with Gasteiger partial charge in [-0.25, -0.2) is 4.79 Å². The van der Waals surface area contributed by atoms with Gasteiger partial charge in [0.25, 0.3) is 0 Å². The monoisotopic (exact) mass is 313 g/mol. The number of carbonyl (C=O) groups excluding carboxylic acids is 1. The first-order chi connectivity index (χ1) is 10.3. The molecule has 0 bridgehead atoms. The van der Waals surface area contributed by atoms with Crippen molar-refractivity contribution in [3.05, 3.63) is 29.8 Å². The molecule has 7 heteroatoms. The predicted octanol–water partition coefficient (Wildman–Crippen LogP) is 3.78. The van der Waals surface area contributed by atoms with Crippen molar-refractivity contribution < 1.29 is 18.0 Å². The Morgan fingerprint density at radius 3 is 2.59 bits per heavy atom. The van der Waals surface area contributed by atoms with Crippen molar-refractivity contribution in [3.63, 3.8) is 0 Å². The summed E-state index contributed by atoms with van der Waals surface area (Å²) in [7, 11) is 3.13. The standard InChI is InChI=1S/C15H18F3N3O/c1-20-10-6-5-9-13(20)19-14(22)21(2)12-8-4-3-7-11(12)15(16,17)18/h3-4,7-8H,5-6,9-10H2,1-2H3. The molecule has 1 aromatic rings. The first-order valence-corrected chi connectivity index (χ1v) is 7.03. The van der Waals surface area contributed by atoms with Gasteiger partial charge in [-0.3, -0.25) is 4.90 Å². The number of urea groups is 1. The van der Waals surface area contributed by atoms with E-state index < -0.39 is 17.8 Å². The van der Waals surface area contributed by atoms with E-state index in [9.17, 15) is 18.0 Å². The molecule has 1 aromatic carbocycles. The van der Waals surface area contributed by atoms with Crippen LogP contribution in [0.15, 0.2) is 29.3 Å². The normalized spacial score (nSPS) is 17.7. The van der Waals surface area contributed by atoms with Gasteiger partial charge in [-0.05, 0) is 25.0 Å². The summed E-state index contributed by atoms with van der Waals surface area (Å²) in [6.07, 6.45) is -1.90. The third-order valence-corrected chi connectivity index (χ3v) is 3.67. The van der Waals surface area contributed by atoms with E-state index in [1.54, 1.807) is 0 Å². The van der Waals surface area contributed by atoms with Crippen LogP contribution in [0.4, 0.5) is 23.7 Å². The van der Waals surface area contributed by atoms with Crippen molar-refractivity contribution in [3.8, 4) is 0 Å². The van der Waals surface area contributed by atoms with Crippen molar-refractivity contribution in [2.45, 2.75) is 25.4 Å². The van der Waals surface area contributed by atoms with E-state index in [4.69, 9.17) is 0 Å². The van der Waals surface area contributed by atoms with Gasteiger partial charge in [0.05, 0.1) is 11.3 Å². The van der Waals surface area contributed by atoms with Crippen molar-refractivity contribution >= 4 is 17.6 Å². The van der Waals surface area contributed by atoms with Gasteiger partial charge in [0, 0.05) is 27.1 Å². The Labute approximate surface area is 127 Å². The highest BCUT2D eigenvalue weighted by Gasteiger charge is 2.35. The number of hydrogen-bond acceptors (Lipinski definition) is 1. The van der Waals surface area contributed by atoms with Crippen molar-refractivity contribution in [2.24, 2.45) is 4.99 Å². The van der Waals surface area contributed by atoms with Crippen LogP contribution in [0, 0.1) is 0 Å². The van der Waals surface area contributed by atoms with Crippen LogP contribution in [0.5, 0.6) is 0 Å². The number of benzene rings is 1. The van der Waals surface area contributed by atoms with Crippen LogP contribution >= 0.6 is 0 Å². The number of amidine groups is 1. The predicted molar refractivity (Wildman–Crippen MR) is 79.2 cm³/mol. The molecule has 1 aliphatic heterocycles. The van der Waals surface area contributed by atoms with E-state index in [0.29, 0.717) is 12.3 Å². The molecule has 2 amide bonds. The van der Waals surface area contributed by atoms with Crippen molar-refractivity contribution in [1.82, 2.24) is 4.90 Å². The lowest BCUT2D eigenvalue weighted by Gasteiger charge is -2.26. The van der Waals surface area contributed by atoms with E-state index in [2.05, 4.69) is 4.99 Å². The average molecular weight is 313 g/mol. The molecule has 0 radical (unpaired) electrons. The van der Waals surface area contributed by atoms with Crippen LogP contribution < -0.4 is 4.90 Å². The number of hydrogen-bond donors (Lipinski definition) is 0. The second-order valence-electron chi connectivity index (χ2n) is 5.26. The average Bonchev–Trinajstić information content (AvgIpc) is 2.48. The van der Waals surface area contributed by atoms with Gasteiger partial charge in [0.1, 0.15) is 5.84 Å². The van der Waals surface area contributed by atoms with Gasteiger partial charge in [0.2, 0.25) is 0 Å². The molecule has 4 nitrogen and oxygen atoms in total. The maximum atomic E-state index is 13.0. The maximum Gasteiger partial charge on any atom is 0.418 e. The summed E-state index contributed by atoms with van der Waals surface area (Å²) in [6.45, 7) is 0.801. The van der Waals surface area contributed by atoms with E-state index in [0.717, 1.165) is 30.4 Å². The SMILES string of the molecule is CN1CCCCC1=NC(=O)N(C)c1ccccc1C(F)(F)F. The molecule has 0 atom stereocenters. The molecule has 0 aromatic heterocycles. The summed E-state index contributed by atoms with van der Waals surface area (Å²) in [6, 6.07) is 4.30. The van der Waals surface area contributed by atoms with Gasteiger partial charge < -0.3 is 4.90 Å². The van der Waals surface area contributed by atoms with Crippen molar-refractivity contribution in [1.29, 1.82) is 0 Å². The van der Waals surface area contributed by atoms with E-state index in [1.807, 2.05) is 11.9 Å². The minimum absolute atomic E-state index is 0.192. The zero-order valence-corrected chi connectivity index (χ0v) is 12.5. The maximum absolute atomic E-state index is 13.0. The van der Waals surface area contributed by atoms with Gasteiger partial charge in [-0.2, -0.15) is 18.2 Å². The van der Waals surface area contributed by atoms with Gasteiger partial charge >= 0.3 is 12.2 Å². The Hall–Kier alpha value is -2.05. The Morgan fingerprint density at radius 1 is 1.27 bits per heavy atom. The highest BCUT2D eigenvalue weighted by molar-refractivity contribution is 6.01. The Balaban J connectivity index is 2.27. The zero-order chi connectivity index (χ0) is 16.3. The summed E-state index contributed by atoms with van der Waals surface area (Å²) >= 11 is 0. The number of piperidine rings is 1. The van der Waals surface area contributed by atoms with Crippen LogP contribution in [-0.4, -0.2) is 37.4 Å². The number of aliphatic imine (C=N–C) groups is 1. The smallest absolute Gasteiger partial charge is 0.363 e. The number of amides is 2. The molecule has 1 aliphatic rings. The van der Waals surface area contributed by atoms with Crippen LogP contribution in [-0.2, 0) is 6.18 Å². The van der Waals surface area contributed by atoms with Gasteiger partial charge in [0.15, 0.2) is 0 Å². The van der Waals surface area contributed by atoms with Crippen LogP contribution in [0.2, 0.25) is 0 Å². The minimum atomic E-state index is -4.51. The third kappa shape index (κ3) is 3.58. The van der Waals surface area contributed by atoms with Crippen molar-refractivity contribution in [2.75, 3.05) is 25.5 Å². The lowest BCUT2D eigenvalue weighted by Crippen LogP contribution is -2.34. The number of carbonyl (C=O) groups is 1. The molecule has 0 N–H and O–H groups in total. The second kappa shape index (κ2) is 6.37. The summed E-state index contributed by atoms with van der Waals surface area (Å²) in [5, 5.41) is 0. The number of alkyl halides is 3. The molecule has 0 aliphatic carbocycles. The second-order valence-corrected chi connectivity index (χ2v) is 5.26. The van der Waals surface area contributed by atoms with Crippen LogP contribution in [0.1, 0.15) is 24.8 Å². The zero-order valence-electron chi connectivity index (χ0n) is 12.5. The molecular formula is C15H18F3N3O. The molecule has 2 rings (SSSR count). The fourth-order valence-electron chi connectivity index (χ4n) is 2.39. The Kier molecular flexibility index (Phi) is 4.73. The van der Waals surface area contributed by atoms with Gasteiger partial charge in [-0.15, -0.1) is 0 Å². The highest BCUT2D eigenvalue weighted by Crippen LogP contribution is 2.36. The first kappa shape index (κ1) is 16.3. The fourth-order valence-corrected chi connectivity index (χ4v) is 2.39. The number of nitrogens with zero attached hydrogens (tertiary/aromatic N) is 3. The number of rotatable bonds is 1.